The molecule has 0 bridgehead atoms. The quantitative estimate of drug-likeness (QED) is 0.137. The van der Waals surface area contributed by atoms with E-state index in [-0.39, 0.29) is 0 Å². The summed E-state index contributed by atoms with van der Waals surface area (Å²) in [5, 5.41) is 0. The molecule has 1 aliphatic rings. The number of allylic oxidation sites excluding steroid dienone is 6. The van der Waals surface area contributed by atoms with Crippen LogP contribution in [0.3, 0.4) is 0 Å². The van der Waals surface area contributed by atoms with Crippen molar-refractivity contribution in [3.05, 3.63) is 272 Å². The Morgan fingerprint density at radius 3 is 1.39 bits per heavy atom. The second-order valence-electron chi connectivity index (χ2n) is 16.5. The van der Waals surface area contributed by atoms with Crippen LogP contribution in [0.5, 0.6) is 0 Å². The Balaban J connectivity index is 1.05. The van der Waals surface area contributed by atoms with Crippen molar-refractivity contribution in [1.29, 1.82) is 0 Å². The van der Waals surface area contributed by atoms with E-state index in [1.807, 2.05) is 72.9 Å². The molecule has 0 saturated carbocycles. The molecule has 67 heavy (non-hydrogen) atoms. The first kappa shape index (κ1) is 40.9. The molecule has 4 heteroatoms. The first-order valence-electron chi connectivity index (χ1n) is 22.7. The molecule has 0 radical (unpaired) electrons. The molecule has 1 aliphatic carbocycles. The van der Waals surface area contributed by atoms with Gasteiger partial charge in [-0.3, -0.25) is 4.98 Å². The number of aromatic nitrogens is 4. The third-order valence-electron chi connectivity index (χ3n) is 12.3. The average Bonchev–Trinajstić information content (AvgIpc) is 3.66. The van der Waals surface area contributed by atoms with Crippen molar-refractivity contribution >= 4 is 16.7 Å². The maximum Gasteiger partial charge on any atom is 0.164 e. The molecule has 0 aliphatic heterocycles. The minimum absolute atomic E-state index is 0.601. The van der Waals surface area contributed by atoms with Gasteiger partial charge in [0.25, 0.3) is 0 Å². The van der Waals surface area contributed by atoms with Crippen LogP contribution in [0.15, 0.2) is 255 Å². The first-order valence-corrected chi connectivity index (χ1v) is 22.7. The molecule has 0 amide bonds. The predicted octanol–water partition coefficient (Wildman–Crippen LogP) is 15.9. The van der Waals surface area contributed by atoms with Crippen LogP contribution in [0, 0.1) is 0 Å². The monoisotopic (exact) mass is 856 g/mol. The van der Waals surface area contributed by atoms with E-state index in [2.05, 4.69) is 182 Å². The topological polar surface area (TPSA) is 51.6 Å². The standard InChI is InChI=1S/C63H44N4/c1-5-19-44(20-6-1)46-32-34-47(35-33-46)51-37-36-50(45-21-7-2-8-22-45)41-53(42-51)55-28-14-13-27-54(55)52-38-39-57(59(43-52)60-31-17-18-40-64-60)56-29-15-16-30-58(56)63-66-61(48-23-9-3-10-24-48)65-62(67-63)49-25-11-4-12-26-49/h1-35,37-43H,36H2. The van der Waals surface area contributed by atoms with Crippen molar-refractivity contribution in [2.45, 2.75) is 6.42 Å². The molecular formula is C63H44N4. The van der Waals surface area contributed by atoms with E-state index < -0.39 is 0 Å². The van der Waals surface area contributed by atoms with Gasteiger partial charge in [0.05, 0.1) is 5.69 Å². The molecule has 0 fully saturated rings. The Hall–Kier alpha value is -8.86. The van der Waals surface area contributed by atoms with Crippen molar-refractivity contribution in [3.63, 3.8) is 0 Å². The highest BCUT2D eigenvalue weighted by Gasteiger charge is 2.20. The third kappa shape index (κ3) is 8.72. The minimum Gasteiger partial charge on any atom is -0.256 e. The molecule has 8 aromatic carbocycles. The van der Waals surface area contributed by atoms with Crippen LogP contribution in [0.2, 0.25) is 0 Å². The van der Waals surface area contributed by atoms with Crippen LogP contribution in [-0.2, 0) is 0 Å². The van der Waals surface area contributed by atoms with Gasteiger partial charge in [0.15, 0.2) is 17.5 Å². The average molecular weight is 857 g/mol. The lowest BCUT2D eigenvalue weighted by Crippen LogP contribution is -2.01. The zero-order valence-corrected chi connectivity index (χ0v) is 36.7. The van der Waals surface area contributed by atoms with Crippen LogP contribution in [-0.4, -0.2) is 19.9 Å². The van der Waals surface area contributed by atoms with Gasteiger partial charge in [0, 0.05) is 28.5 Å². The fourth-order valence-electron chi connectivity index (χ4n) is 8.94. The van der Waals surface area contributed by atoms with E-state index in [1.165, 1.54) is 33.4 Å². The van der Waals surface area contributed by atoms with Crippen molar-refractivity contribution < 1.29 is 0 Å². The zero-order valence-electron chi connectivity index (χ0n) is 36.7. The van der Waals surface area contributed by atoms with Crippen LogP contribution < -0.4 is 0 Å². The molecule has 4 nitrogen and oxygen atoms in total. The van der Waals surface area contributed by atoms with Gasteiger partial charge in [-0.15, -0.1) is 0 Å². The number of rotatable bonds is 10. The Kier molecular flexibility index (Phi) is 11.4. The number of hydrogen-bond donors (Lipinski definition) is 0. The summed E-state index contributed by atoms with van der Waals surface area (Å²) >= 11 is 0. The summed E-state index contributed by atoms with van der Waals surface area (Å²) < 4.78 is 0. The van der Waals surface area contributed by atoms with Gasteiger partial charge in [-0.2, -0.15) is 0 Å². The van der Waals surface area contributed by atoms with Crippen molar-refractivity contribution in [3.8, 4) is 78.8 Å². The summed E-state index contributed by atoms with van der Waals surface area (Å²) in [4.78, 5) is 20.2. The van der Waals surface area contributed by atoms with Gasteiger partial charge in [-0.1, -0.05) is 224 Å². The molecule has 0 saturated heterocycles. The van der Waals surface area contributed by atoms with Crippen molar-refractivity contribution in [1.82, 2.24) is 19.9 Å². The fourth-order valence-corrected chi connectivity index (χ4v) is 8.94. The van der Waals surface area contributed by atoms with E-state index in [0.29, 0.717) is 17.5 Å². The Morgan fingerprint density at radius 2 is 0.761 bits per heavy atom. The minimum atomic E-state index is 0.601. The SMILES string of the molecule is C1=C(c2ccc(-c3ccccc3)cc2)C=C(c2ccccc2-c2ccc(-c3ccccc3-c3nc(-c4ccccc4)nc(-c4ccccc4)n3)c(-c3ccccn3)c2)C=C(c2ccccc2)C1. The molecule has 0 N–H and O–H groups in total. The van der Waals surface area contributed by atoms with Gasteiger partial charge < -0.3 is 0 Å². The second-order valence-corrected chi connectivity index (χ2v) is 16.5. The maximum atomic E-state index is 5.14. The summed E-state index contributed by atoms with van der Waals surface area (Å²) in [6, 6.07) is 80.5. The van der Waals surface area contributed by atoms with Crippen molar-refractivity contribution in [2.24, 2.45) is 0 Å². The van der Waals surface area contributed by atoms with E-state index in [9.17, 15) is 0 Å². The normalized spacial score (nSPS) is 12.4. The molecular weight excluding hydrogens is 813 g/mol. The molecule has 316 valence electrons. The highest BCUT2D eigenvalue weighted by Crippen LogP contribution is 2.42. The molecule has 2 aromatic heterocycles. The first-order chi connectivity index (χ1) is 33.2. The number of pyridine rings is 1. The lowest BCUT2D eigenvalue weighted by atomic mass is 9.87. The van der Waals surface area contributed by atoms with E-state index >= 15 is 0 Å². The summed E-state index contributed by atoms with van der Waals surface area (Å²) in [6.07, 6.45) is 9.78. The van der Waals surface area contributed by atoms with Gasteiger partial charge in [0.1, 0.15) is 0 Å². The summed E-state index contributed by atoms with van der Waals surface area (Å²) in [7, 11) is 0. The molecule has 2 heterocycles. The molecule has 0 atom stereocenters. The van der Waals surface area contributed by atoms with E-state index in [1.54, 1.807) is 0 Å². The van der Waals surface area contributed by atoms with Gasteiger partial charge in [0.2, 0.25) is 0 Å². The highest BCUT2D eigenvalue weighted by atomic mass is 15.0. The number of benzene rings is 8. The van der Waals surface area contributed by atoms with Crippen molar-refractivity contribution in [2.75, 3.05) is 0 Å². The number of hydrogen-bond acceptors (Lipinski definition) is 4. The van der Waals surface area contributed by atoms with Crippen LogP contribution >= 0.6 is 0 Å². The highest BCUT2D eigenvalue weighted by molar-refractivity contribution is 5.99. The third-order valence-corrected chi connectivity index (χ3v) is 12.3. The van der Waals surface area contributed by atoms with Crippen LogP contribution in [0.1, 0.15) is 23.1 Å². The Bertz CT molecular complexity index is 3380. The fraction of sp³-hybridized carbons (Fsp3) is 0.0159. The molecule has 0 spiro atoms. The lowest BCUT2D eigenvalue weighted by molar-refractivity contribution is 1.07. The van der Waals surface area contributed by atoms with Crippen LogP contribution in [0.25, 0.3) is 95.5 Å². The Morgan fingerprint density at radius 1 is 0.284 bits per heavy atom. The summed E-state index contributed by atoms with van der Waals surface area (Å²) in [5.41, 5.74) is 18.5. The van der Waals surface area contributed by atoms with E-state index in [4.69, 9.17) is 19.9 Å². The summed E-state index contributed by atoms with van der Waals surface area (Å²) in [6.45, 7) is 0. The zero-order chi connectivity index (χ0) is 44.8. The van der Waals surface area contributed by atoms with Gasteiger partial charge >= 0.3 is 0 Å². The van der Waals surface area contributed by atoms with E-state index in [0.717, 1.165) is 67.8 Å². The Labute approximate surface area is 391 Å². The largest absolute Gasteiger partial charge is 0.256 e. The molecule has 11 rings (SSSR count). The predicted molar refractivity (Wildman–Crippen MR) is 277 cm³/mol. The summed E-state index contributed by atoms with van der Waals surface area (Å²) in [5.74, 6) is 1.84. The van der Waals surface area contributed by atoms with Gasteiger partial charge in [-0.05, 0) is 97.5 Å². The number of nitrogens with zero attached hydrogens (tertiary/aromatic N) is 4. The lowest BCUT2D eigenvalue weighted by Gasteiger charge is -2.18. The maximum absolute atomic E-state index is 5.14. The molecule has 10 aromatic rings. The van der Waals surface area contributed by atoms with Crippen LogP contribution in [0.4, 0.5) is 0 Å². The molecule has 0 unspecified atom stereocenters. The van der Waals surface area contributed by atoms with Gasteiger partial charge in [-0.25, -0.2) is 15.0 Å². The second kappa shape index (κ2) is 18.7. The smallest absolute Gasteiger partial charge is 0.164 e.